The van der Waals surface area contributed by atoms with E-state index in [9.17, 15) is 4.79 Å². The van der Waals surface area contributed by atoms with Crippen molar-refractivity contribution in [2.45, 2.75) is 6.42 Å². The highest BCUT2D eigenvalue weighted by atomic mass is 16.2. The third kappa shape index (κ3) is 2.79. The minimum absolute atomic E-state index is 0.0904. The van der Waals surface area contributed by atoms with Crippen molar-refractivity contribution in [3.8, 4) is 6.07 Å². The van der Waals surface area contributed by atoms with Crippen molar-refractivity contribution < 1.29 is 4.79 Å². The Morgan fingerprint density at radius 1 is 1.23 bits per heavy atom. The molecule has 1 aliphatic rings. The maximum atomic E-state index is 12.3. The van der Waals surface area contributed by atoms with Gasteiger partial charge in [-0.3, -0.25) is 9.69 Å². The van der Waals surface area contributed by atoms with E-state index in [1.54, 1.807) is 53.8 Å². The number of nitrogens with zero attached hydrogens (tertiary/aromatic N) is 4. The van der Waals surface area contributed by atoms with Gasteiger partial charge in [0.15, 0.2) is 0 Å². The van der Waals surface area contributed by atoms with Crippen LogP contribution in [0.15, 0.2) is 54.5 Å². The first kappa shape index (κ1) is 13.8. The minimum Gasteiger partial charge on any atom is -0.361 e. The number of benzene rings is 1. The van der Waals surface area contributed by atoms with Gasteiger partial charge < -0.3 is 5.32 Å². The number of hydrogen-bond donors (Lipinski definition) is 1. The van der Waals surface area contributed by atoms with E-state index in [0.717, 1.165) is 5.69 Å². The number of carbonyl (C=O) groups is 1. The lowest BCUT2D eigenvalue weighted by atomic mass is 10.2. The van der Waals surface area contributed by atoms with Crippen LogP contribution in [0.3, 0.4) is 0 Å². The molecule has 0 saturated carbocycles. The summed E-state index contributed by atoms with van der Waals surface area (Å²) < 4.78 is 0. The number of amides is 1. The highest BCUT2D eigenvalue weighted by Crippen LogP contribution is 2.21. The van der Waals surface area contributed by atoms with E-state index in [1.807, 2.05) is 0 Å². The topological polar surface area (TPSA) is 81.9 Å². The van der Waals surface area contributed by atoms with E-state index in [4.69, 9.17) is 5.26 Å². The van der Waals surface area contributed by atoms with Gasteiger partial charge in [-0.1, -0.05) is 0 Å². The summed E-state index contributed by atoms with van der Waals surface area (Å²) in [6, 6.07) is 10.8. The predicted octanol–water partition coefficient (Wildman–Crippen LogP) is 2.08. The molecule has 1 saturated heterocycles. The number of aromatic nitrogens is 2. The highest BCUT2D eigenvalue weighted by molar-refractivity contribution is 6.07. The summed E-state index contributed by atoms with van der Waals surface area (Å²) in [5.74, 6) is 0.335. The van der Waals surface area contributed by atoms with E-state index in [-0.39, 0.29) is 5.91 Å². The van der Waals surface area contributed by atoms with Crippen LogP contribution in [0, 0.1) is 11.3 Å². The summed E-state index contributed by atoms with van der Waals surface area (Å²) in [7, 11) is 0. The quantitative estimate of drug-likeness (QED) is 0.875. The van der Waals surface area contributed by atoms with Crippen LogP contribution < -0.4 is 10.2 Å². The molecular formula is C16H13N5O. The van der Waals surface area contributed by atoms with Gasteiger partial charge in [0, 0.05) is 36.4 Å². The summed E-state index contributed by atoms with van der Waals surface area (Å²) in [5, 5.41) is 11.8. The molecule has 0 bridgehead atoms. The van der Waals surface area contributed by atoms with Gasteiger partial charge in [0.2, 0.25) is 5.95 Å². The van der Waals surface area contributed by atoms with Crippen LogP contribution in [-0.4, -0.2) is 22.4 Å². The molecule has 0 aliphatic carbocycles. The van der Waals surface area contributed by atoms with Gasteiger partial charge in [0.1, 0.15) is 0 Å². The number of hydrogen-bond acceptors (Lipinski definition) is 5. The number of rotatable bonds is 3. The standard InChI is InChI=1S/C16H13N5O/c17-10-12-2-4-14(5-3-12)20-11-13-6-9-21(15(13)22)16-18-7-1-8-19-16/h1-5,7-8,11,20H,6,9H2. The first-order chi connectivity index (χ1) is 10.8. The van der Waals surface area contributed by atoms with Crippen LogP contribution >= 0.6 is 0 Å². The zero-order valence-electron chi connectivity index (χ0n) is 11.7. The molecule has 1 amide bonds. The lowest BCUT2D eigenvalue weighted by Gasteiger charge is -2.11. The summed E-state index contributed by atoms with van der Waals surface area (Å²) in [4.78, 5) is 22.1. The molecule has 3 rings (SSSR count). The van der Waals surface area contributed by atoms with Crippen molar-refractivity contribution in [3.05, 3.63) is 60.1 Å². The molecule has 6 nitrogen and oxygen atoms in total. The molecule has 2 heterocycles. The molecule has 1 aliphatic heterocycles. The molecule has 1 aromatic heterocycles. The molecule has 0 spiro atoms. The van der Waals surface area contributed by atoms with Crippen molar-refractivity contribution in [1.29, 1.82) is 5.26 Å². The Morgan fingerprint density at radius 3 is 2.64 bits per heavy atom. The lowest BCUT2D eigenvalue weighted by Crippen LogP contribution is -2.26. The molecule has 22 heavy (non-hydrogen) atoms. The molecule has 0 unspecified atom stereocenters. The van der Waals surface area contributed by atoms with Crippen LogP contribution in [0.5, 0.6) is 0 Å². The Kier molecular flexibility index (Phi) is 3.79. The SMILES string of the molecule is N#Cc1ccc(NC=C2CCN(c3ncccn3)C2=O)cc1. The molecule has 1 N–H and O–H groups in total. The number of anilines is 2. The van der Waals surface area contributed by atoms with Crippen molar-refractivity contribution in [1.82, 2.24) is 9.97 Å². The Morgan fingerprint density at radius 2 is 1.95 bits per heavy atom. The third-order valence-electron chi connectivity index (χ3n) is 3.35. The molecule has 1 aromatic carbocycles. The average molecular weight is 291 g/mol. The number of nitriles is 1. The fourth-order valence-electron chi connectivity index (χ4n) is 2.18. The molecular weight excluding hydrogens is 278 g/mol. The second kappa shape index (κ2) is 6.06. The maximum Gasteiger partial charge on any atom is 0.258 e. The van der Waals surface area contributed by atoms with Gasteiger partial charge in [-0.2, -0.15) is 5.26 Å². The third-order valence-corrected chi connectivity index (χ3v) is 3.35. The fraction of sp³-hybridized carbons (Fsp3) is 0.125. The molecule has 108 valence electrons. The monoisotopic (exact) mass is 291 g/mol. The van der Waals surface area contributed by atoms with Gasteiger partial charge >= 0.3 is 0 Å². The van der Waals surface area contributed by atoms with Crippen molar-refractivity contribution in [2.75, 3.05) is 16.8 Å². The van der Waals surface area contributed by atoms with Gasteiger partial charge in [0.25, 0.3) is 5.91 Å². The number of nitrogens with one attached hydrogen (secondary N) is 1. The Bertz CT molecular complexity index is 746. The van der Waals surface area contributed by atoms with Gasteiger partial charge in [-0.05, 0) is 36.8 Å². The van der Waals surface area contributed by atoms with E-state index in [2.05, 4.69) is 21.4 Å². The number of carbonyl (C=O) groups excluding carboxylic acids is 1. The average Bonchev–Trinajstić information content (AvgIpc) is 2.95. The first-order valence-corrected chi connectivity index (χ1v) is 6.82. The van der Waals surface area contributed by atoms with Crippen molar-refractivity contribution >= 4 is 17.5 Å². The molecule has 6 heteroatoms. The van der Waals surface area contributed by atoms with E-state index in [0.29, 0.717) is 30.1 Å². The predicted molar refractivity (Wildman–Crippen MR) is 81.9 cm³/mol. The van der Waals surface area contributed by atoms with Gasteiger partial charge in [-0.25, -0.2) is 9.97 Å². The van der Waals surface area contributed by atoms with E-state index in [1.165, 1.54) is 0 Å². The summed E-state index contributed by atoms with van der Waals surface area (Å²) >= 11 is 0. The van der Waals surface area contributed by atoms with E-state index >= 15 is 0 Å². The zero-order valence-corrected chi connectivity index (χ0v) is 11.7. The first-order valence-electron chi connectivity index (χ1n) is 6.82. The Labute approximate surface area is 127 Å². The Hall–Kier alpha value is -3.20. The molecule has 0 radical (unpaired) electrons. The van der Waals surface area contributed by atoms with Crippen LogP contribution in [0.25, 0.3) is 0 Å². The zero-order chi connectivity index (χ0) is 15.4. The van der Waals surface area contributed by atoms with Crippen molar-refractivity contribution in [3.63, 3.8) is 0 Å². The molecule has 1 fully saturated rings. The lowest BCUT2D eigenvalue weighted by molar-refractivity contribution is -0.114. The Balaban J connectivity index is 1.70. The summed E-state index contributed by atoms with van der Waals surface area (Å²) in [6.45, 7) is 0.573. The largest absolute Gasteiger partial charge is 0.361 e. The van der Waals surface area contributed by atoms with Crippen LogP contribution in [0.4, 0.5) is 11.6 Å². The summed E-state index contributed by atoms with van der Waals surface area (Å²) in [6.07, 6.45) is 5.58. The smallest absolute Gasteiger partial charge is 0.258 e. The van der Waals surface area contributed by atoms with E-state index < -0.39 is 0 Å². The summed E-state index contributed by atoms with van der Waals surface area (Å²) in [5.41, 5.74) is 2.10. The minimum atomic E-state index is -0.0904. The molecule has 2 aromatic rings. The van der Waals surface area contributed by atoms with Crippen LogP contribution in [-0.2, 0) is 4.79 Å². The maximum absolute atomic E-state index is 12.3. The van der Waals surface area contributed by atoms with Crippen LogP contribution in [0.2, 0.25) is 0 Å². The van der Waals surface area contributed by atoms with Crippen molar-refractivity contribution in [2.24, 2.45) is 0 Å². The normalized spacial score (nSPS) is 15.9. The van der Waals surface area contributed by atoms with Crippen LogP contribution in [0.1, 0.15) is 12.0 Å². The highest BCUT2D eigenvalue weighted by Gasteiger charge is 2.28. The second-order valence-electron chi connectivity index (χ2n) is 4.76. The van der Waals surface area contributed by atoms with Gasteiger partial charge in [-0.15, -0.1) is 0 Å². The molecule has 0 atom stereocenters. The van der Waals surface area contributed by atoms with Gasteiger partial charge in [0.05, 0.1) is 11.6 Å². The fourth-order valence-corrected chi connectivity index (χ4v) is 2.18. The second-order valence-corrected chi connectivity index (χ2v) is 4.76.